The van der Waals surface area contributed by atoms with Crippen molar-refractivity contribution in [3.05, 3.63) is 54.0 Å². The molecular weight excluding hydrogens is 354 g/mol. The summed E-state index contributed by atoms with van der Waals surface area (Å²) in [7, 11) is 0. The zero-order chi connectivity index (χ0) is 19.3. The summed E-state index contributed by atoms with van der Waals surface area (Å²) in [5, 5.41) is 2.90. The first-order chi connectivity index (χ1) is 12.9. The molecule has 1 amide bonds. The molecule has 1 unspecified atom stereocenters. The lowest BCUT2D eigenvalue weighted by Gasteiger charge is -2.37. The molecule has 1 saturated heterocycles. The lowest BCUT2D eigenvalue weighted by Crippen LogP contribution is -2.52. The number of nitrogens with zero attached hydrogens (tertiary/aromatic N) is 3. The highest BCUT2D eigenvalue weighted by molar-refractivity contribution is 5.68. The van der Waals surface area contributed by atoms with Gasteiger partial charge < -0.3 is 15.0 Å². The minimum atomic E-state index is -3.00. The van der Waals surface area contributed by atoms with Crippen molar-refractivity contribution in [2.75, 3.05) is 25.0 Å². The number of hydrogen-bond donors (Lipinski definition) is 1. The third-order valence-electron chi connectivity index (χ3n) is 4.60. The molecule has 0 spiro atoms. The van der Waals surface area contributed by atoms with Gasteiger partial charge in [0.15, 0.2) is 0 Å². The summed E-state index contributed by atoms with van der Waals surface area (Å²) in [5.74, 6) is -3.38. The molecule has 6 nitrogen and oxygen atoms in total. The average Bonchev–Trinajstić information content (AvgIpc) is 2.66. The van der Waals surface area contributed by atoms with E-state index in [2.05, 4.69) is 15.3 Å². The number of hydrogen-bond acceptors (Lipinski definition) is 5. The van der Waals surface area contributed by atoms with Gasteiger partial charge in [0.05, 0.1) is 6.54 Å². The second kappa shape index (κ2) is 8.28. The highest BCUT2D eigenvalue weighted by atomic mass is 19.3. The molecule has 0 radical (unpaired) electrons. The van der Waals surface area contributed by atoms with Gasteiger partial charge in [0.1, 0.15) is 18.8 Å². The van der Waals surface area contributed by atoms with E-state index in [1.54, 1.807) is 12.3 Å². The monoisotopic (exact) mass is 376 g/mol. The van der Waals surface area contributed by atoms with Gasteiger partial charge in [-0.25, -0.2) is 23.5 Å². The largest absolute Gasteiger partial charge is 0.445 e. The van der Waals surface area contributed by atoms with Gasteiger partial charge in [-0.15, -0.1) is 0 Å². The fourth-order valence-corrected chi connectivity index (χ4v) is 2.94. The minimum Gasteiger partial charge on any atom is -0.445 e. The maximum absolute atomic E-state index is 14.5. The number of aromatic nitrogens is 2. The lowest BCUT2D eigenvalue weighted by molar-refractivity contribution is -0.101. The number of ether oxygens (including phenoxy) is 1. The van der Waals surface area contributed by atoms with Crippen molar-refractivity contribution < 1.29 is 18.3 Å². The zero-order valence-corrected chi connectivity index (χ0v) is 15.1. The molecule has 2 aromatic rings. The molecule has 1 aliphatic heterocycles. The van der Waals surface area contributed by atoms with Crippen LogP contribution >= 0.6 is 0 Å². The first kappa shape index (κ1) is 19.0. The number of carbonyl (C=O) groups excluding carboxylic acids is 1. The third-order valence-corrected chi connectivity index (χ3v) is 4.60. The van der Waals surface area contributed by atoms with E-state index in [1.165, 1.54) is 6.33 Å². The standard InChI is InChI=1S/C19H22F2N4O2/c1-14-2-4-15(5-3-14)11-27-18(26)25-9-7-16(19(20,21)12-25)10-23-17-6-8-22-13-24-17/h2-6,8,13,16H,7,9-12H2,1H3,(H,22,23,24). The Hall–Kier alpha value is -2.77. The number of piperidine rings is 1. The fourth-order valence-electron chi connectivity index (χ4n) is 2.94. The smallest absolute Gasteiger partial charge is 0.410 e. The molecule has 0 aliphatic carbocycles. The predicted molar refractivity (Wildman–Crippen MR) is 96.5 cm³/mol. The van der Waals surface area contributed by atoms with E-state index in [0.29, 0.717) is 5.82 Å². The predicted octanol–water partition coefficient (Wildman–Crippen LogP) is 3.49. The Balaban J connectivity index is 1.49. The average molecular weight is 376 g/mol. The van der Waals surface area contributed by atoms with Crippen molar-refractivity contribution in [1.82, 2.24) is 14.9 Å². The molecular formula is C19H22F2N4O2. The van der Waals surface area contributed by atoms with Gasteiger partial charge in [-0.05, 0) is 25.0 Å². The SMILES string of the molecule is Cc1ccc(COC(=O)N2CCC(CNc3ccncn3)C(F)(F)C2)cc1. The molecule has 27 heavy (non-hydrogen) atoms. The number of rotatable bonds is 5. The molecule has 0 saturated carbocycles. The Morgan fingerprint density at radius 1 is 1.33 bits per heavy atom. The van der Waals surface area contributed by atoms with Crippen LogP contribution in [0.25, 0.3) is 0 Å². The molecule has 2 heterocycles. The van der Waals surface area contributed by atoms with Gasteiger partial charge >= 0.3 is 6.09 Å². The highest BCUT2D eigenvalue weighted by Crippen LogP contribution is 2.33. The Labute approximate surface area is 156 Å². The van der Waals surface area contributed by atoms with Crippen LogP contribution in [-0.2, 0) is 11.3 Å². The number of carbonyl (C=O) groups is 1. The molecule has 144 valence electrons. The van der Waals surface area contributed by atoms with E-state index >= 15 is 0 Å². The summed E-state index contributed by atoms with van der Waals surface area (Å²) < 4.78 is 34.1. The lowest BCUT2D eigenvalue weighted by atomic mass is 9.93. The zero-order valence-electron chi connectivity index (χ0n) is 15.1. The van der Waals surface area contributed by atoms with E-state index in [9.17, 15) is 13.6 Å². The van der Waals surface area contributed by atoms with Crippen molar-refractivity contribution in [3.63, 3.8) is 0 Å². The van der Waals surface area contributed by atoms with E-state index in [-0.39, 0.29) is 26.1 Å². The van der Waals surface area contributed by atoms with E-state index in [0.717, 1.165) is 16.0 Å². The highest BCUT2D eigenvalue weighted by Gasteiger charge is 2.46. The summed E-state index contributed by atoms with van der Waals surface area (Å²) in [6.07, 6.45) is 2.37. The molecule has 3 rings (SSSR count). The van der Waals surface area contributed by atoms with Gasteiger partial charge in [0, 0.05) is 25.2 Å². The number of alkyl halides is 2. The van der Waals surface area contributed by atoms with Gasteiger partial charge in [-0.2, -0.15) is 0 Å². The molecule has 1 aliphatic rings. The Morgan fingerprint density at radius 2 is 2.11 bits per heavy atom. The number of anilines is 1. The third kappa shape index (κ3) is 5.12. The first-order valence-electron chi connectivity index (χ1n) is 8.79. The number of aryl methyl sites for hydroxylation is 1. The molecule has 0 bridgehead atoms. The summed E-state index contributed by atoms with van der Waals surface area (Å²) >= 11 is 0. The number of nitrogens with one attached hydrogen (secondary N) is 1. The number of amides is 1. The normalized spacial score (nSPS) is 18.8. The molecule has 8 heteroatoms. The maximum atomic E-state index is 14.5. The number of halogens is 2. The summed E-state index contributed by atoms with van der Waals surface area (Å²) in [4.78, 5) is 21.0. The van der Waals surface area contributed by atoms with Crippen LogP contribution in [0.2, 0.25) is 0 Å². The second-order valence-corrected chi connectivity index (χ2v) is 6.68. The van der Waals surface area contributed by atoms with Crippen LogP contribution in [0.1, 0.15) is 17.5 Å². The fraction of sp³-hybridized carbons (Fsp3) is 0.421. The Bertz CT molecular complexity index is 756. The summed E-state index contributed by atoms with van der Waals surface area (Å²) in [6.45, 7) is 1.70. The molecule has 1 aromatic carbocycles. The maximum Gasteiger partial charge on any atom is 0.410 e. The molecule has 1 fully saturated rings. The van der Waals surface area contributed by atoms with E-state index in [1.807, 2.05) is 31.2 Å². The van der Waals surface area contributed by atoms with Crippen molar-refractivity contribution in [2.24, 2.45) is 5.92 Å². The van der Waals surface area contributed by atoms with E-state index in [4.69, 9.17) is 4.74 Å². The van der Waals surface area contributed by atoms with Crippen LogP contribution < -0.4 is 5.32 Å². The molecule has 1 aromatic heterocycles. The van der Waals surface area contributed by atoms with Gasteiger partial charge in [-0.3, -0.25) is 0 Å². The Morgan fingerprint density at radius 3 is 2.78 bits per heavy atom. The van der Waals surface area contributed by atoms with Crippen molar-refractivity contribution in [1.29, 1.82) is 0 Å². The first-order valence-corrected chi connectivity index (χ1v) is 8.79. The topological polar surface area (TPSA) is 67.3 Å². The Kier molecular flexibility index (Phi) is 5.83. The van der Waals surface area contributed by atoms with Crippen LogP contribution in [0, 0.1) is 12.8 Å². The van der Waals surface area contributed by atoms with Crippen LogP contribution in [0.5, 0.6) is 0 Å². The second-order valence-electron chi connectivity index (χ2n) is 6.68. The van der Waals surface area contributed by atoms with Crippen LogP contribution in [-0.4, -0.2) is 46.5 Å². The van der Waals surface area contributed by atoms with Crippen LogP contribution in [0.4, 0.5) is 19.4 Å². The van der Waals surface area contributed by atoms with E-state index < -0.39 is 24.5 Å². The minimum absolute atomic E-state index is 0.0693. The van der Waals surface area contributed by atoms with Crippen molar-refractivity contribution in [2.45, 2.75) is 25.9 Å². The molecule has 1 atom stereocenters. The number of benzene rings is 1. The van der Waals surface area contributed by atoms with Crippen LogP contribution in [0.15, 0.2) is 42.9 Å². The summed E-state index contributed by atoms with van der Waals surface area (Å²) in [5.41, 5.74) is 1.92. The quantitative estimate of drug-likeness (QED) is 0.865. The van der Waals surface area contributed by atoms with Crippen molar-refractivity contribution in [3.8, 4) is 0 Å². The molecule has 1 N–H and O–H groups in total. The van der Waals surface area contributed by atoms with Crippen molar-refractivity contribution >= 4 is 11.9 Å². The number of likely N-dealkylation sites (tertiary alicyclic amines) is 1. The van der Waals surface area contributed by atoms with Gasteiger partial charge in [0.2, 0.25) is 0 Å². The van der Waals surface area contributed by atoms with Crippen LogP contribution in [0.3, 0.4) is 0 Å². The van der Waals surface area contributed by atoms with Gasteiger partial charge in [0.25, 0.3) is 5.92 Å². The van der Waals surface area contributed by atoms with Gasteiger partial charge in [-0.1, -0.05) is 29.8 Å². The summed E-state index contributed by atoms with van der Waals surface area (Å²) in [6, 6.07) is 9.14.